The monoisotopic (exact) mass is 184 g/mol. The molecule has 3 heteroatoms. The third kappa shape index (κ3) is 2.61. The van der Waals surface area contributed by atoms with E-state index in [1.165, 1.54) is 12.8 Å². The van der Waals surface area contributed by atoms with E-state index in [0.29, 0.717) is 17.9 Å². The van der Waals surface area contributed by atoms with Gasteiger partial charge in [0.15, 0.2) is 0 Å². The van der Waals surface area contributed by atoms with Crippen LogP contribution in [0.25, 0.3) is 0 Å². The standard InChI is InChI=1S/C10H20N2O/c1-7(2)8-5-4-6-9(8)12-10(13)11-3/h7-9H,4-6H2,1-3H3,(H2,11,12,13). The highest BCUT2D eigenvalue weighted by molar-refractivity contribution is 5.73. The lowest BCUT2D eigenvalue weighted by atomic mass is 9.91. The zero-order valence-electron chi connectivity index (χ0n) is 8.76. The van der Waals surface area contributed by atoms with Gasteiger partial charge in [0.1, 0.15) is 0 Å². The number of rotatable bonds is 2. The Labute approximate surface area is 80.3 Å². The Morgan fingerprint density at radius 2 is 2.08 bits per heavy atom. The average Bonchev–Trinajstić information content (AvgIpc) is 2.52. The van der Waals surface area contributed by atoms with Crippen molar-refractivity contribution in [3.05, 3.63) is 0 Å². The lowest BCUT2D eigenvalue weighted by molar-refractivity contribution is 0.230. The first-order valence-corrected chi connectivity index (χ1v) is 5.13. The highest BCUT2D eigenvalue weighted by atomic mass is 16.2. The summed E-state index contributed by atoms with van der Waals surface area (Å²) in [5.74, 6) is 1.34. The molecule has 2 amide bonds. The number of nitrogens with one attached hydrogen (secondary N) is 2. The van der Waals surface area contributed by atoms with Crippen molar-refractivity contribution in [2.75, 3.05) is 7.05 Å². The number of urea groups is 1. The fraction of sp³-hybridized carbons (Fsp3) is 0.900. The van der Waals surface area contributed by atoms with E-state index in [0.717, 1.165) is 6.42 Å². The Morgan fingerprint density at radius 3 is 2.62 bits per heavy atom. The van der Waals surface area contributed by atoms with Gasteiger partial charge in [-0.1, -0.05) is 20.3 Å². The molecule has 1 fully saturated rings. The summed E-state index contributed by atoms with van der Waals surface area (Å²) in [4.78, 5) is 11.1. The second-order valence-corrected chi connectivity index (χ2v) is 4.17. The molecule has 0 heterocycles. The molecule has 1 rings (SSSR count). The Bertz CT molecular complexity index is 180. The molecule has 13 heavy (non-hydrogen) atoms. The van der Waals surface area contributed by atoms with Crippen LogP contribution in [0.15, 0.2) is 0 Å². The van der Waals surface area contributed by atoms with Crippen LogP contribution in [0.4, 0.5) is 4.79 Å². The van der Waals surface area contributed by atoms with Crippen molar-refractivity contribution in [1.82, 2.24) is 10.6 Å². The van der Waals surface area contributed by atoms with E-state index in [1.807, 2.05) is 0 Å². The third-order valence-corrected chi connectivity index (χ3v) is 2.97. The first-order chi connectivity index (χ1) is 6.15. The van der Waals surface area contributed by atoms with Gasteiger partial charge in [-0.05, 0) is 24.7 Å². The average molecular weight is 184 g/mol. The summed E-state index contributed by atoms with van der Waals surface area (Å²) in [6.07, 6.45) is 3.64. The van der Waals surface area contributed by atoms with Crippen LogP contribution in [-0.2, 0) is 0 Å². The minimum atomic E-state index is -0.0439. The maximum atomic E-state index is 11.1. The van der Waals surface area contributed by atoms with Gasteiger partial charge in [0.2, 0.25) is 0 Å². The van der Waals surface area contributed by atoms with Crippen LogP contribution in [0.3, 0.4) is 0 Å². The summed E-state index contributed by atoms with van der Waals surface area (Å²) >= 11 is 0. The van der Waals surface area contributed by atoms with Crippen LogP contribution >= 0.6 is 0 Å². The molecule has 1 aliphatic carbocycles. The summed E-state index contributed by atoms with van der Waals surface area (Å²) < 4.78 is 0. The van der Waals surface area contributed by atoms with E-state index in [4.69, 9.17) is 0 Å². The molecule has 0 aromatic heterocycles. The Kier molecular flexibility index (Phi) is 3.58. The molecule has 0 aliphatic heterocycles. The summed E-state index contributed by atoms with van der Waals surface area (Å²) in [5, 5.41) is 5.61. The highest BCUT2D eigenvalue weighted by Gasteiger charge is 2.30. The highest BCUT2D eigenvalue weighted by Crippen LogP contribution is 2.31. The van der Waals surface area contributed by atoms with Crippen molar-refractivity contribution in [2.45, 2.75) is 39.2 Å². The van der Waals surface area contributed by atoms with Gasteiger partial charge in [-0.2, -0.15) is 0 Å². The largest absolute Gasteiger partial charge is 0.341 e. The smallest absolute Gasteiger partial charge is 0.314 e. The lowest BCUT2D eigenvalue weighted by Crippen LogP contribution is -2.43. The summed E-state index contributed by atoms with van der Waals surface area (Å²) in [6, 6.07) is 0.345. The molecule has 76 valence electrons. The van der Waals surface area contributed by atoms with Crippen molar-refractivity contribution >= 4 is 6.03 Å². The predicted molar refractivity (Wildman–Crippen MR) is 53.6 cm³/mol. The molecule has 0 spiro atoms. The quantitative estimate of drug-likeness (QED) is 0.674. The van der Waals surface area contributed by atoms with Gasteiger partial charge in [-0.25, -0.2) is 4.79 Å². The third-order valence-electron chi connectivity index (χ3n) is 2.97. The minimum absolute atomic E-state index is 0.0439. The van der Waals surface area contributed by atoms with Gasteiger partial charge in [0, 0.05) is 13.1 Å². The first-order valence-electron chi connectivity index (χ1n) is 5.13. The topological polar surface area (TPSA) is 41.1 Å². The molecule has 0 saturated heterocycles. The van der Waals surface area contributed by atoms with E-state index < -0.39 is 0 Å². The maximum absolute atomic E-state index is 11.1. The van der Waals surface area contributed by atoms with Crippen molar-refractivity contribution in [3.63, 3.8) is 0 Å². The Morgan fingerprint density at radius 1 is 1.38 bits per heavy atom. The molecule has 2 N–H and O–H groups in total. The van der Waals surface area contributed by atoms with Gasteiger partial charge in [0.05, 0.1) is 0 Å². The molecule has 0 aromatic carbocycles. The van der Waals surface area contributed by atoms with Crippen molar-refractivity contribution in [1.29, 1.82) is 0 Å². The molecular weight excluding hydrogens is 164 g/mol. The maximum Gasteiger partial charge on any atom is 0.314 e. The second-order valence-electron chi connectivity index (χ2n) is 4.17. The summed E-state index contributed by atoms with van der Waals surface area (Å²) in [7, 11) is 1.66. The van der Waals surface area contributed by atoms with Gasteiger partial charge >= 0.3 is 6.03 Å². The molecule has 1 saturated carbocycles. The number of hydrogen-bond donors (Lipinski definition) is 2. The molecule has 1 aliphatic rings. The predicted octanol–water partition coefficient (Wildman–Crippen LogP) is 1.74. The summed E-state index contributed by atoms with van der Waals surface area (Å²) in [5.41, 5.74) is 0. The zero-order valence-corrected chi connectivity index (χ0v) is 8.76. The van der Waals surface area contributed by atoms with Crippen molar-refractivity contribution in [3.8, 4) is 0 Å². The molecule has 2 unspecified atom stereocenters. The molecule has 0 bridgehead atoms. The van der Waals surface area contributed by atoms with E-state index in [2.05, 4.69) is 24.5 Å². The summed E-state index contributed by atoms with van der Waals surface area (Å²) in [6.45, 7) is 4.46. The van der Waals surface area contributed by atoms with Gasteiger partial charge in [-0.3, -0.25) is 0 Å². The van der Waals surface area contributed by atoms with Crippen LogP contribution in [0.1, 0.15) is 33.1 Å². The molecule has 0 aromatic rings. The van der Waals surface area contributed by atoms with E-state index in [1.54, 1.807) is 7.05 Å². The van der Waals surface area contributed by atoms with Gasteiger partial charge in [-0.15, -0.1) is 0 Å². The van der Waals surface area contributed by atoms with Crippen LogP contribution in [0.5, 0.6) is 0 Å². The van der Waals surface area contributed by atoms with Crippen LogP contribution < -0.4 is 10.6 Å². The normalized spacial score (nSPS) is 27.7. The van der Waals surface area contributed by atoms with Gasteiger partial charge in [0.25, 0.3) is 0 Å². The number of carbonyl (C=O) groups is 1. The zero-order chi connectivity index (χ0) is 9.84. The van der Waals surface area contributed by atoms with Gasteiger partial charge < -0.3 is 10.6 Å². The van der Waals surface area contributed by atoms with E-state index in [9.17, 15) is 4.79 Å². The van der Waals surface area contributed by atoms with E-state index in [-0.39, 0.29) is 6.03 Å². The van der Waals surface area contributed by atoms with Crippen LogP contribution in [-0.4, -0.2) is 19.1 Å². The van der Waals surface area contributed by atoms with Crippen LogP contribution in [0, 0.1) is 11.8 Å². The molecular formula is C10H20N2O. The number of carbonyl (C=O) groups excluding carboxylic acids is 1. The van der Waals surface area contributed by atoms with E-state index >= 15 is 0 Å². The Hall–Kier alpha value is -0.730. The first kappa shape index (κ1) is 10.4. The fourth-order valence-corrected chi connectivity index (χ4v) is 2.21. The molecule has 3 nitrogen and oxygen atoms in total. The second kappa shape index (κ2) is 4.49. The van der Waals surface area contributed by atoms with Crippen LogP contribution in [0.2, 0.25) is 0 Å². The Balaban J connectivity index is 2.44. The van der Waals surface area contributed by atoms with Crippen molar-refractivity contribution < 1.29 is 4.79 Å². The number of amides is 2. The SMILES string of the molecule is CNC(=O)NC1CCCC1C(C)C. The molecule has 0 radical (unpaired) electrons. The minimum Gasteiger partial charge on any atom is -0.341 e. The fourth-order valence-electron chi connectivity index (χ4n) is 2.21. The van der Waals surface area contributed by atoms with Crippen molar-refractivity contribution in [2.24, 2.45) is 11.8 Å². The molecule has 2 atom stereocenters. The lowest BCUT2D eigenvalue weighted by Gasteiger charge is -2.23. The number of hydrogen-bond acceptors (Lipinski definition) is 1.